The van der Waals surface area contributed by atoms with Crippen LogP contribution in [0, 0.1) is 15.4 Å². The van der Waals surface area contributed by atoms with Gasteiger partial charge in [0.2, 0.25) is 0 Å². The van der Waals surface area contributed by atoms with Crippen LogP contribution < -0.4 is 0 Å². The molecule has 4 heterocycles. The summed E-state index contributed by atoms with van der Waals surface area (Å²) in [5.74, 6) is 0.645. The molecule has 5 atom stereocenters. The lowest BCUT2D eigenvalue weighted by molar-refractivity contribution is -0.0150. The van der Waals surface area contributed by atoms with Gasteiger partial charge in [-0.2, -0.15) is 0 Å². The maximum atomic E-state index is 12.5. The monoisotopic (exact) mass is 519 g/mol. The Balaban J connectivity index is 1.36. The normalized spacial score (nSPS) is 31.2. The number of halogens is 2. The smallest absolute Gasteiger partial charge is 0.338 e. The minimum atomic E-state index is -0.216. The first kappa shape index (κ1) is 19.6. The van der Waals surface area contributed by atoms with E-state index in [4.69, 9.17) is 16.3 Å². The molecule has 0 aromatic heterocycles. The lowest BCUT2D eigenvalue weighted by atomic mass is 9.71. The van der Waals surface area contributed by atoms with E-state index < -0.39 is 0 Å². The summed E-state index contributed by atoms with van der Waals surface area (Å²) in [4.78, 5) is 15.1. The molecule has 0 radical (unpaired) electrons. The zero-order valence-electron chi connectivity index (χ0n) is 16.1. The predicted octanol–water partition coefficient (Wildman–Crippen LogP) is 5.67. The second-order valence-corrected chi connectivity index (χ2v) is 9.90. The van der Waals surface area contributed by atoms with Gasteiger partial charge >= 0.3 is 5.97 Å². The molecule has 0 N–H and O–H groups in total. The fraction of sp³-hybridized carbons (Fsp3) is 0.375. The number of esters is 1. The highest BCUT2D eigenvalue weighted by atomic mass is 127. The summed E-state index contributed by atoms with van der Waals surface area (Å²) < 4.78 is 6.86. The van der Waals surface area contributed by atoms with Crippen LogP contribution in [0.1, 0.15) is 35.2 Å². The molecule has 29 heavy (non-hydrogen) atoms. The van der Waals surface area contributed by atoms with Crippen molar-refractivity contribution in [2.24, 2.45) is 11.8 Å². The second kappa shape index (κ2) is 8.05. The Kier molecular flexibility index (Phi) is 5.43. The third-order valence-corrected chi connectivity index (χ3v) is 8.35. The maximum absolute atomic E-state index is 12.5. The average Bonchev–Trinajstić information content (AvgIpc) is 3.06. The van der Waals surface area contributed by atoms with E-state index >= 15 is 0 Å². The molecule has 2 aromatic rings. The van der Waals surface area contributed by atoms with Crippen LogP contribution in [0.3, 0.4) is 0 Å². The van der Waals surface area contributed by atoms with Crippen molar-refractivity contribution in [3.63, 3.8) is 0 Å². The SMILES string of the molecule is O=C(OCC1C2CC3CCC1N3C/C2=C\c1ccc(I)c(Cl)c1)c1ccccc1. The van der Waals surface area contributed by atoms with Crippen molar-refractivity contribution in [1.82, 2.24) is 4.90 Å². The van der Waals surface area contributed by atoms with Crippen molar-refractivity contribution in [2.45, 2.75) is 31.3 Å². The highest BCUT2D eigenvalue weighted by Gasteiger charge is 2.52. The Morgan fingerprint density at radius 1 is 1.21 bits per heavy atom. The van der Waals surface area contributed by atoms with Crippen molar-refractivity contribution in [1.29, 1.82) is 0 Å². The van der Waals surface area contributed by atoms with Crippen LogP contribution in [0.2, 0.25) is 5.02 Å². The third kappa shape index (κ3) is 3.75. The summed E-state index contributed by atoms with van der Waals surface area (Å²) in [6.45, 7) is 1.53. The number of carbonyl (C=O) groups is 1. The number of piperidine rings is 3. The summed E-state index contributed by atoms with van der Waals surface area (Å²) >= 11 is 8.59. The van der Waals surface area contributed by atoms with E-state index in [2.05, 4.69) is 45.7 Å². The largest absolute Gasteiger partial charge is 0.462 e. The van der Waals surface area contributed by atoms with E-state index in [1.807, 2.05) is 36.4 Å². The van der Waals surface area contributed by atoms with Gasteiger partial charge in [-0.3, -0.25) is 4.90 Å². The van der Waals surface area contributed by atoms with Crippen molar-refractivity contribution in [2.75, 3.05) is 13.2 Å². The average molecular weight is 520 g/mol. The van der Waals surface area contributed by atoms with Gasteiger partial charge in [0.15, 0.2) is 0 Å². The highest BCUT2D eigenvalue weighted by molar-refractivity contribution is 14.1. The molecule has 4 bridgehead atoms. The highest BCUT2D eigenvalue weighted by Crippen LogP contribution is 2.50. The summed E-state index contributed by atoms with van der Waals surface area (Å²) in [6, 6.07) is 16.8. The number of rotatable bonds is 4. The number of hydrogen-bond acceptors (Lipinski definition) is 3. The molecule has 0 spiro atoms. The molecule has 0 aliphatic carbocycles. The minimum absolute atomic E-state index is 0.216. The van der Waals surface area contributed by atoms with Crippen LogP contribution in [0.5, 0.6) is 0 Å². The van der Waals surface area contributed by atoms with Gasteiger partial charge in [-0.15, -0.1) is 0 Å². The van der Waals surface area contributed by atoms with Crippen molar-refractivity contribution >= 4 is 46.2 Å². The zero-order chi connectivity index (χ0) is 20.0. The molecule has 4 fully saturated rings. The van der Waals surface area contributed by atoms with Gasteiger partial charge in [-0.25, -0.2) is 4.79 Å². The van der Waals surface area contributed by atoms with Crippen LogP contribution in [-0.4, -0.2) is 36.1 Å². The van der Waals surface area contributed by atoms with Gasteiger partial charge in [0.25, 0.3) is 0 Å². The fourth-order valence-corrected chi connectivity index (χ4v) is 5.97. The summed E-state index contributed by atoms with van der Waals surface area (Å²) in [5, 5.41) is 0.801. The first-order chi connectivity index (χ1) is 14.1. The Morgan fingerprint density at radius 3 is 2.83 bits per heavy atom. The summed E-state index contributed by atoms with van der Waals surface area (Å²) in [7, 11) is 0. The predicted molar refractivity (Wildman–Crippen MR) is 124 cm³/mol. The lowest BCUT2D eigenvalue weighted by Crippen LogP contribution is -2.57. The van der Waals surface area contributed by atoms with Gasteiger partial charge in [-0.05, 0) is 77.6 Å². The van der Waals surface area contributed by atoms with Crippen molar-refractivity contribution in [3.8, 4) is 0 Å². The summed E-state index contributed by atoms with van der Waals surface area (Å²) in [5.41, 5.74) is 3.24. The number of ether oxygens (including phenoxy) is 1. The first-order valence-electron chi connectivity index (χ1n) is 10.2. The van der Waals surface area contributed by atoms with Gasteiger partial charge in [0, 0.05) is 28.1 Å². The number of carbonyl (C=O) groups excluding carboxylic acids is 1. The van der Waals surface area contributed by atoms with Crippen molar-refractivity contribution in [3.05, 3.63) is 73.8 Å². The Morgan fingerprint density at radius 2 is 2.03 bits per heavy atom. The molecule has 3 nitrogen and oxygen atoms in total. The molecule has 6 rings (SSSR count). The molecule has 0 amide bonds. The van der Waals surface area contributed by atoms with Crippen LogP contribution in [-0.2, 0) is 4.74 Å². The van der Waals surface area contributed by atoms with E-state index in [0.29, 0.717) is 36.1 Å². The molecule has 0 saturated carbocycles. The van der Waals surface area contributed by atoms with Gasteiger partial charge in [0.05, 0.1) is 17.2 Å². The number of benzene rings is 2. The molecular weight excluding hydrogens is 497 g/mol. The van der Waals surface area contributed by atoms with Crippen LogP contribution in [0.25, 0.3) is 6.08 Å². The fourth-order valence-electron chi connectivity index (χ4n) is 5.44. The van der Waals surface area contributed by atoms with E-state index in [1.165, 1.54) is 24.8 Å². The van der Waals surface area contributed by atoms with Gasteiger partial charge < -0.3 is 4.74 Å². The Labute approximate surface area is 190 Å². The minimum Gasteiger partial charge on any atom is -0.462 e. The number of hydrogen-bond donors (Lipinski definition) is 0. The molecule has 5 heteroatoms. The molecular formula is C24H23ClINO2. The van der Waals surface area contributed by atoms with E-state index in [0.717, 1.165) is 20.7 Å². The van der Waals surface area contributed by atoms with Crippen LogP contribution >= 0.6 is 34.2 Å². The number of fused-ring (bicyclic) bond motifs is 1. The van der Waals surface area contributed by atoms with Crippen molar-refractivity contribution < 1.29 is 9.53 Å². The Hall–Kier alpha value is -1.37. The van der Waals surface area contributed by atoms with Gasteiger partial charge in [0.1, 0.15) is 0 Å². The lowest BCUT2D eigenvalue weighted by Gasteiger charge is -2.51. The summed E-state index contributed by atoms with van der Waals surface area (Å²) in [6.07, 6.45) is 5.97. The molecule has 150 valence electrons. The van der Waals surface area contributed by atoms with E-state index in [1.54, 1.807) is 0 Å². The van der Waals surface area contributed by atoms with Gasteiger partial charge in [-0.1, -0.05) is 47.5 Å². The zero-order valence-corrected chi connectivity index (χ0v) is 19.0. The second-order valence-electron chi connectivity index (χ2n) is 8.33. The quantitative estimate of drug-likeness (QED) is 0.385. The molecule has 5 unspecified atom stereocenters. The van der Waals surface area contributed by atoms with E-state index in [9.17, 15) is 4.79 Å². The van der Waals surface area contributed by atoms with Crippen LogP contribution in [0.15, 0.2) is 54.1 Å². The van der Waals surface area contributed by atoms with E-state index in [-0.39, 0.29) is 5.97 Å². The first-order valence-corrected chi connectivity index (χ1v) is 11.7. The molecule has 4 saturated heterocycles. The Bertz CT molecular complexity index is 961. The van der Waals surface area contributed by atoms with Crippen LogP contribution in [0.4, 0.5) is 0 Å². The third-order valence-electron chi connectivity index (χ3n) is 6.78. The maximum Gasteiger partial charge on any atom is 0.338 e. The molecule has 4 aliphatic heterocycles. The molecule has 4 aliphatic rings. The topological polar surface area (TPSA) is 29.5 Å². The standard InChI is InChI=1S/C24H23ClINO2/c25-21-11-15(6-8-22(21)26)10-17-13-27-18-7-9-23(27)20(19(17)12-18)14-29-24(28)16-4-2-1-3-5-16/h1-6,8,10-11,18-20,23H,7,9,12-14H2/b17-10+. The molecule has 2 aromatic carbocycles. The number of nitrogens with zero attached hydrogens (tertiary/aromatic N) is 1.